The quantitative estimate of drug-likeness (QED) is 0.413. The molecule has 0 aliphatic rings. The number of hydrogen-bond acceptors (Lipinski definition) is 5. The van der Waals surface area contributed by atoms with E-state index in [-0.39, 0.29) is 31.4 Å². The molecule has 0 saturated carbocycles. The molecule has 8 heteroatoms. The van der Waals surface area contributed by atoms with E-state index < -0.39 is 10.0 Å². The smallest absolute Gasteiger partial charge is 0.258 e. The molecule has 0 aliphatic carbocycles. The molecular formula is C24H26N2O5S. The Balaban J connectivity index is 1.66. The molecule has 0 atom stereocenters. The summed E-state index contributed by atoms with van der Waals surface area (Å²) in [5, 5.41) is 13.0. The zero-order chi connectivity index (χ0) is 22.8. The average molecular weight is 455 g/mol. The topological polar surface area (TPSA) is 105 Å². The Morgan fingerprint density at radius 3 is 2.50 bits per heavy atom. The Morgan fingerprint density at radius 2 is 1.72 bits per heavy atom. The Morgan fingerprint density at radius 1 is 0.969 bits per heavy atom. The maximum absolute atomic E-state index is 12.3. The first-order chi connectivity index (χ1) is 15.5. The SMILES string of the molecule is O=C(COc1cccc2c(C=CNS(=O)(=O)CCc3ccccc3)cccc12)NCCO. The summed E-state index contributed by atoms with van der Waals surface area (Å²) < 4.78 is 32.7. The molecule has 0 aliphatic heterocycles. The zero-order valence-electron chi connectivity index (χ0n) is 17.5. The number of carbonyl (C=O) groups is 1. The molecule has 0 spiro atoms. The summed E-state index contributed by atoms with van der Waals surface area (Å²) >= 11 is 0. The van der Waals surface area contributed by atoms with Crippen LogP contribution >= 0.6 is 0 Å². The summed E-state index contributed by atoms with van der Waals surface area (Å²) in [5.74, 6) is 0.213. The highest BCUT2D eigenvalue weighted by molar-refractivity contribution is 7.89. The van der Waals surface area contributed by atoms with Crippen molar-refractivity contribution in [3.05, 3.63) is 84.1 Å². The van der Waals surface area contributed by atoms with Crippen molar-refractivity contribution in [3.63, 3.8) is 0 Å². The minimum atomic E-state index is -3.46. The fraction of sp³-hybridized carbons (Fsp3) is 0.208. The van der Waals surface area contributed by atoms with Gasteiger partial charge in [-0.25, -0.2) is 8.42 Å². The molecule has 3 N–H and O–H groups in total. The number of benzene rings is 3. The molecule has 3 aromatic rings. The van der Waals surface area contributed by atoms with Crippen molar-refractivity contribution in [1.82, 2.24) is 10.0 Å². The molecular weight excluding hydrogens is 428 g/mol. The number of ether oxygens (including phenoxy) is 1. The van der Waals surface area contributed by atoms with E-state index in [1.165, 1.54) is 6.20 Å². The number of carbonyl (C=O) groups excluding carboxylic acids is 1. The number of fused-ring (bicyclic) bond motifs is 1. The van der Waals surface area contributed by atoms with Crippen molar-refractivity contribution in [2.45, 2.75) is 6.42 Å². The van der Waals surface area contributed by atoms with Crippen molar-refractivity contribution in [2.24, 2.45) is 0 Å². The van der Waals surface area contributed by atoms with Crippen molar-refractivity contribution < 1.29 is 23.1 Å². The van der Waals surface area contributed by atoms with Gasteiger partial charge in [-0.15, -0.1) is 0 Å². The highest BCUT2D eigenvalue weighted by Crippen LogP contribution is 2.28. The van der Waals surface area contributed by atoms with Crippen molar-refractivity contribution in [1.29, 1.82) is 0 Å². The lowest BCUT2D eigenvalue weighted by molar-refractivity contribution is -0.123. The van der Waals surface area contributed by atoms with Crippen molar-refractivity contribution in [2.75, 3.05) is 25.5 Å². The molecule has 1 amide bonds. The van der Waals surface area contributed by atoms with Gasteiger partial charge >= 0.3 is 0 Å². The van der Waals surface area contributed by atoms with Crippen LogP contribution in [0.1, 0.15) is 11.1 Å². The van der Waals surface area contributed by atoms with E-state index in [0.717, 1.165) is 21.9 Å². The molecule has 0 aromatic heterocycles. The van der Waals surface area contributed by atoms with Crippen LogP contribution in [0.5, 0.6) is 5.75 Å². The number of sulfonamides is 1. The number of aliphatic hydroxyl groups is 1. The first-order valence-electron chi connectivity index (χ1n) is 10.2. The molecule has 7 nitrogen and oxygen atoms in total. The molecule has 0 fully saturated rings. The minimum absolute atomic E-state index is 0.00672. The van der Waals surface area contributed by atoms with E-state index in [0.29, 0.717) is 12.2 Å². The summed E-state index contributed by atoms with van der Waals surface area (Å²) in [6.07, 6.45) is 3.55. The third-order valence-corrected chi connectivity index (χ3v) is 5.96. The van der Waals surface area contributed by atoms with Crippen molar-refractivity contribution >= 4 is 32.8 Å². The van der Waals surface area contributed by atoms with Crippen LogP contribution in [0.4, 0.5) is 0 Å². The van der Waals surface area contributed by atoms with Gasteiger partial charge in [-0.05, 0) is 35.1 Å². The summed E-state index contributed by atoms with van der Waals surface area (Å²) in [7, 11) is -3.46. The van der Waals surface area contributed by atoms with E-state index >= 15 is 0 Å². The van der Waals surface area contributed by atoms with E-state index in [1.54, 1.807) is 12.1 Å². The van der Waals surface area contributed by atoms with E-state index in [4.69, 9.17) is 9.84 Å². The van der Waals surface area contributed by atoms with Crippen LogP contribution in [0.25, 0.3) is 16.8 Å². The Kier molecular flexibility index (Phi) is 8.24. The molecule has 3 rings (SSSR count). The molecule has 3 aromatic carbocycles. The number of rotatable bonds is 11. The predicted octanol–water partition coefficient (Wildman–Crippen LogP) is 2.46. The Labute approximate surface area is 187 Å². The van der Waals surface area contributed by atoms with Gasteiger partial charge in [-0.2, -0.15) is 0 Å². The second-order valence-corrected chi connectivity index (χ2v) is 8.94. The zero-order valence-corrected chi connectivity index (χ0v) is 18.3. The number of aliphatic hydroxyl groups excluding tert-OH is 1. The van der Waals surface area contributed by atoms with Gasteiger partial charge in [0.2, 0.25) is 10.0 Å². The molecule has 0 heterocycles. The first kappa shape index (κ1) is 23.3. The summed E-state index contributed by atoms with van der Waals surface area (Å²) in [5.41, 5.74) is 1.77. The molecule has 0 bridgehead atoms. The van der Waals surface area contributed by atoms with Crippen LogP contribution in [-0.2, 0) is 21.2 Å². The molecule has 0 unspecified atom stereocenters. The van der Waals surface area contributed by atoms with Gasteiger partial charge < -0.3 is 15.2 Å². The number of hydrogen-bond donors (Lipinski definition) is 3. The third kappa shape index (κ3) is 6.83. The molecule has 0 radical (unpaired) electrons. The average Bonchev–Trinajstić information content (AvgIpc) is 2.81. The summed E-state index contributed by atoms with van der Waals surface area (Å²) in [4.78, 5) is 11.7. The van der Waals surface area contributed by atoms with Gasteiger partial charge in [0, 0.05) is 18.1 Å². The number of nitrogens with one attached hydrogen (secondary N) is 2. The highest BCUT2D eigenvalue weighted by Gasteiger charge is 2.09. The third-order valence-electron chi connectivity index (χ3n) is 4.72. The van der Waals surface area contributed by atoms with E-state index in [2.05, 4.69) is 10.0 Å². The van der Waals surface area contributed by atoms with Crippen LogP contribution in [-0.4, -0.2) is 44.9 Å². The first-order valence-corrected chi connectivity index (χ1v) is 11.9. The molecule has 168 valence electrons. The van der Waals surface area contributed by atoms with E-state index in [9.17, 15) is 13.2 Å². The lowest BCUT2D eigenvalue weighted by atomic mass is 10.0. The van der Waals surface area contributed by atoms with Crippen LogP contribution in [0, 0.1) is 0 Å². The number of aryl methyl sites for hydroxylation is 1. The largest absolute Gasteiger partial charge is 0.483 e. The predicted molar refractivity (Wildman–Crippen MR) is 126 cm³/mol. The standard InChI is InChI=1S/C24H26N2O5S/c27-16-15-25-24(28)18-31-23-11-5-9-21-20(8-4-10-22(21)23)12-14-26-32(29,30)17-13-19-6-2-1-3-7-19/h1-12,14,26-27H,13,15-18H2,(H,25,28). The maximum atomic E-state index is 12.3. The second-order valence-electron chi connectivity index (χ2n) is 7.07. The van der Waals surface area contributed by atoms with Gasteiger partial charge in [0.05, 0.1) is 12.4 Å². The van der Waals surface area contributed by atoms with Gasteiger partial charge in [-0.1, -0.05) is 60.7 Å². The summed E-state index contributed by atoms with van der Waals surface area (Å²) in [6.45, 7) is -0.125. The van der Waals surface area contributed by atoms with Gasteiger partial charge in [0.25, 0.3) is 5.91 Å². The monoisotopic (exact) mass is 454 g/mol. The lowest BCUT2D eigenvalue weighted by Crippen LogP contribution is -2.31. The van der Waals surface area contributed by atoms with E-state index in [1.807, 2.05) is 60.7 Å². The lowest BCUT2D eigenvalue weighted by Gasteiger charge is -2.11. The van der Waals surface area contributed by atoms with Gasteiger partial charge in [0.1, 0.15) is 5.75 Å². The maximum Gasteiger partial charge on any atom is 0.258 e. The van der Waals surface area contributed by atoms with Crippen LogP contribution < -0.4 is 14.8 Å². The second kappa shape index (κ2) is 11.3. The van der Waals surface area contributed by atoms with Crippen LogP contribution in [0.2, 0.25) is 0 Å². The van der Waals surface area contributed by atoms with Crippen molar-refractivity contribution in [3.8, 4) is 5.75 Å². The summed E-state index contributed by atoms with van der Waals surface area (Å²) in [6, 6.07) is 20.5. The van der Waals surface area contributed by atoms with Gasteiger partial charge in [-0.3, -0.25) is 9.52 Å². The molecule has 32 heavy (non-hydrogen) atoms. The van der Waals surface area contributed by atoms with Crippen LogP contribution in [0.15, 0.2) is 72.9 Å². The molecule has 0 saturated heterocycles. The fourth-order valence-electron chi connectivity index (χ4n) is 3.15. The number of amides is 1. The van der Waals surface area contributed by atoms with Gasteiger partial charge in [0.15, 0.2) is 6.61 Å². The normalized spacial score (nSPS) is 11.5. The fourth-order valence-corrected chi connectivity index (χ4v) is 4.05. The van der Waals surface area contributed by atoms with Crippen LogP contribution in [0.3, 0.4) is 0 Å². The minimum Gasteiger partial charge on any atom is -0.483 e. The Hall–Kier alpha value is -3.36. The highest BCUT2D eigenvalue weighted by atomic mass is 32.2. The Bertz CT molecular complexity index is 1180.